The monoisotopic (exact) mass is 480 g/mol. The van der Waals surface area contributed by atoms with E-state index in [2.05, 4.69) is 6.92 Å². The molecule has 0 heterocycles. The maximum absolute atomic E-state index is 13.0. The van der Waals surface area contributed by atoms with Crippen LogP contribution in [0.15, 0.2) is 47.4 Å². The molecular weight excluding hydrogens is 447 g/mol. The second-order valence-corrected chi connectivity index (χ2v) is 9.92. The Balaban J connectivity index is 0.00000289. The van der Waals surface area contributed by atoms with Gasteiger partial charge in [0, 0.05) is 16.7 Å². The molecule has 174 valence electrons. The molecule has 0 aliphatic heterocycles. The summed E-state index contributed by atoms with van der Waals surface area (Å²) in [5, 5.41) is 0. The van der Waals surface area contributed by atoms with Crippen LogP contribution >= 0.6 is 0 Å². The van der Waals surface area contributed by atoms with E-state index in [0.717, 1.165) is 19.3 Å². The minimum absolute atomic E-state index is 0. The molecule has 33 heavy (non-hydrogen) atoms. The SMILES string of the molecule is CCCCCCCCCCCCOS(=O)(=O)c1cccc2c1C(=O)c1ccccc1C2=O.[H-].[Na+]. The van der Waals surface area contributed by atoms with E-state index in [-0.39, 0.29) is 65.0 Å². The number of hydrogen-bond donors (Lipinski definition) is 0. The number of hydrogen-bond acceptors (Lipinski definition) is 5. The van der Waals surface area contributed by atoms with Crippen molar-refractivity contribution in [2.75, 3.05) is 6.61 Å². The Hall–Kier alpha value is -1.31. The van der Waals surface area contributed by atoms with Crippen LogP contribution in [0.1, 0.15) is 104 Å². The van der Waals surface area contributed by atoms with Crippen molar-refractivity contribution in [3.8, 4) is 0 Å². The van der Waals surface area contributed by atoms with E-state index < -0.39 is 15.9 Å². The van der Waals surface area contributed by atoms with E-state index in [1.807, 2.05) is 0 Å². The molecule has 1 aliphatic rings. The normalized spacial score (nSPS) is 12.8. The van der Waals surface area contributed by atoms with Gasteiger partial charge in [0.1, 0.15) is 4.90 Å². The van der Waals surface area contributed by atoms with E-state index in [4.69, 9.17) is 4.18 Å². The second kappa shape index (κ2) is 13.5. The van der Waals surface area contributed by atoms with Crippen LogP contribution in [-0.2, 0) is 14.3 Å². The summed E-state index contributed by atoms with van der Waals surface area (Å²) in [5.41, 5.74) is 0.546. The van der Waals surface area contributed by atoms with Gasteiger partial charge < -0.3 is 1.43 Å². The van der Waals surface area contributed by atoms with Gasteiger partial charge in [-0.05, 0) is 12.5 Å². The van der Waals surface area contributed by atoms with Crippen molar-refractivity contribution in [3.63, 3.8) is 0 Å². The maximum Gasteiger partial charge on any atom is 1.00 e. The summed E-state index contributed by atoms with van der Waals surface area (Å²) in [6.07, 6.45) is 11.4. The first-order valence-corrected chi connectivity index (χ1v) is 13.1. The predicted octanol–water partition coefficient (Wildman–Crippen LogP) is 3.20. The average molecular weight is 481 g/mol. The number of carbonyl (C=O) groups excluding carboxylic acids is 2. The maximum atomic E-state index is 13.0. The van der Waals surface area contributed by atoms with Gasteiger partial charge in [-0.2, -0.15) is 8.42 Å². The molecule has 0 saturated carbocycles. The third kappa shape index (κ3) is 7.09. The Kier molecular flexibility index (Phi) is 11.5. The first-order valence-electron chi connectivity index (χ1n) is 11.7. The molecule has 2 aromatic rings. The quantitative estimate of drug-likeness (QED) is 0.213. The molecule has 1 aliphatic carbocycles. The molecule has 0 radical (unpaired) electrons. The number of carbonyl (C=O) groups is 2. The Morgan fingerprint density at radius 2 is 1.21 bits per heavy atom. The molecule has 0 spiro atoms. The van der Waals surface area contributed by atoms with E-state index in [0.29, 0.717) is 12.0 Å². The number of unbranched alkanes of at least 4 members (excludes halogenated alkanes) is 9. The third-order valence-electron chi connectivity index (χ3n) is 5.92. The van der Waals surface area contributed by atoms with Gasteiger partial charge in [-0.1, -0.05) is 101 Å². The Labute approximate surface area is 221 Å². The van der Waals surface area contributed by atoms with Gasteiger partial charge >= 0.3 is 29.6 Å². The summed E-state index contributed by atoms with van der Waals surface area (Å²) in [6.45, 7) is 2.28. The molecule has 7 heteroatoms. The molecule has 2 aromatic carbocycles. The Morgan fingerprint density at radius 1 is 0.697 bits per heavy atom. The van der Waals surface area contributed by atoms with Crippen molar-refractivity contribution in [3.05, 3.63) is 64.7 Å². The largest absolute Gasteiger partial charge is 1.00 e. The van der Waals surface area contributed by atoms with Crippen LogP contribution in [0.25, 0.3) is 0 Å². The summed E-state index contributed by atoms with van der Waals surface area (Å²) >= 11 is 0. The van der Waals surface area contributed by atoms with Gasteiger partial charge in [-0.3, -0.25) is 13.8 Å². The van der Waals surface area contributed by atoms with Crippen LogP contribution in [0, 0.1) is 0 Å². The summed E-state index contributed by atoms with van der Waals surface area (Å²) in [5.74, 6) is -0.807. The molecule has 0 atom stereocenters. The smallest absolute Gasteiger partial charge is 1.00 e. The fourth-order valence-corrected chi connectivity index (χ4v) is 5.31. The van der Waals surface area contributed by atoms with Crippen LogP contribution < -0.4 is 29.6 Å². The topological polar surface area (TPSA) is 77.5 Å². The Morgan fingerprint density at radius 3 is 1.82 bits per heavy atom. The van der Waals surface area contributed by atoms with Crippen molar-refractivity contribution in [2.45, 2.75) is 76.0 Å². The summed E-state index contributed by atoms with van der Waals surface area (Å²) in [4.78, 5) is 25.6. The van der Waals surface area contributed by atoms with Crippen molar-refractivity contribution in [1.82, 2.24) is 0 Å². The minimum Gasteiger partial charge on any atom is -1.00 e. The van der Waals surface area contributed by atoms with Gasteiger partial charge in [-0.15, -0.1) is 0 Å². The van der Waals surface area contributed by atoms with Crippen molar-refractivity contribution >= 4 is 21.7 Å². The molecule has 0 amide bonds. The average Bonchev–Trinajstić information content (AvgIpc) is 2.80. The van der Waals surface area contributed by atoms with Crippen molar-refractivity contribution in [2.24, 2.45) is 0 Å². The fourth-order valence-electron chi connectivity index (χ4n) is 4.14. The van der Waals surface area contributed by atoms with Crippen LogP contribution in [0.5, 0.6) is 0 Å². The molecule has 0 unspecified atom stereocenters. The zero-order valence-electron chi connectivity index (χ0n) is 20.8. The van der Waals surface area contributed by atoms with Crippen molar-refractivity contribution in [1.29, 1.82) is 0 Å². The molecule has 0 N–H and O–H groups in total. The van der Waals surface area contributed by atoms with E-state index in [1.165, 1.54) is 56.7 Å². The standard InChI is InChI=1S/C26H32O5S.Na.H/c1-2-3-4-5-6-7-8-9-10-13-19-31-32(29,30)23-18-14-17-22-24(23)26(28)21-16-12-11-15-20(21)25(22)27;;/h11-12,14-18H,2-10,13,19H2,1H3;;/q;+1;-1. The zero-order valence-corrected chi connectivity index (χ0v) is 22.6. The van der Waals surface area contributed by atoms with Gasteiger partial charge in [0.05, 0.1) is 12.2 Å². The summed E-state index contributed by atoms with van der Waals surface area (Å²) < 4.78 is 30.9. The van der Waals surface area contributed by atoms with E-state index in [9.17, 15) is 18.0 Å². The number of benzene rings is 2. The molecule has 3 rings (SSSR count). The zero-order chi connectivity index (χ0) is 23.0. The van der Waals surface area contributed by atoms with Crippen LogP contribution in [0.4, 0.5) is 0 Å². The molecule has 0 aromatic heterocycles. The van der Waals surface area contributed by atoms with Crippen LogP contribution in [-0.4, -0.2) is 26.6 Å². The molecule has 0 bridgehead atoms. The molecule has 0 fully saturated rings. The minimum atomic E-state index is -4.14. The first-order chi connectivity index (χ1) is 15.5. The first kappa shape index (κ1) is 27.9. The Bertz CT molecular complexity index is 1070. The van der Waals surface area contributed by atoms with Gasteiger partial charge in [0.15, 0.2) is 11.6 Å². The number of fused-ring (bicyclic) bond motifs is 2. The second-order valence-electron chi connectivity index (χ2n) is 8.34. The molecule has 5 nitrogen and oxygen atoms in total. The van der Waals surface area contributed by atoms with Crippen LogP contribution in [0.3, 0.4) is 0 Å². The van der Waals surface area contributed by atoms with Crippen molar-refractivity contribution < 1.29 is 53.2 Å². The molecular formula is C26H33NaO5S. The summed E-state index contributed by atoms with van der Waals surface area (Å²) in [6, 6.07) is 10.8. The predicted molar refractivity (Wildman–Crippen MR) is 126 cm³/mol. The van der Waals surface area contributed by atoms with E-state index in [1.54, 1.807) is 24.3 Å². The number of ketones is 2. The van der Waals surface area contributed by atoms with Gasteiger partial charge in [0.2, 0.25) is 0 Å². The molecule has 0 saturated heterocycles. The number of rotatable bonds is 13. The van der Waals surface area contributed by atoms with Gasteiger partial charge in [-0.25, -0.2) is 0 Å². The van der Waals surface area contributed by atoms with Crippen LogP contribution in [0.2, 0.25) is 0 Å². The summed E-state index contributed by atoms with van der Waals surface area (Å²) in [7, 11) is -4.14. The van der Waals surface area contributed by atoms with E-state index >= 15 is 0 Å². The van der Waals surface area contributed by atoms with Gasteiger partial charge in [0.25, 0.3) is 10.1 Å². The fraction of sp³-hybridized carbons (Fsp3) is 0.462. The third-order valence-corrected chi connectivity index (χ3v) is 7.28.